The fourth-order valence-corrected chi connectivity index (χ4v) is 3.45. The third-order valence-corrected chi connectivity index (χ3v) is 5.73. The molecule has 0 radical (unpaired) electrons. The van der Waals surface area contributed by atoms with E-state index in [2.05, 4.69) is 10.1 Å². The van der Waals surface area contributed by atoms with Crippen LogP contribution in [-0.4, -0.2) is 29.9 Å². The summed E-state index contributed by atoms with van der Waals surface area (Å²) in [5.41, 5.74) is 1.73. The normalized spacial score (nSPS) is 11.8. The Labute approximate surface area is 151 Å². The van der Waals surface area contributed by atoms with Gasteiger partial charge in [0, 0.05) is 17.6 Å². The zero-order valence-electron chi connectivity index (χ0n) is 13.7. The van der Waals surface area contributed by atoms with Crippen molar-refractivity contribution in [2.24, 2.45) is 0 Å². The molecule has 0 amide bonds. The number of halogens is 1. The minimum Gasteiger partial charge on any atom is -0.338 e. The summed E-state index contributed by atoms with van der Waals surface area (Å²) in [5.74, 6) is 0.593. The Morgan fingerprint density at radius 1 is 1.08 bits per heavy atom. The summed E-state index contributed by atoms with van der Waals surface area (Å²) < 4.78 is 31.5. The molecule has 8 heteroatoms. The van der Waals surface area contributed by atoms with Crippen molar-refractivity contribution in [2.75, 3.05) is 7.05 Å². The van der Waals surface area contributed by atoms with Crippen LogP contribution < -0.4 is 0 Å². The molecule has 1 aromatic heterocycles. The van der Waals surface area contributed by atoms with E-state index in [-0.39, 0.29) is 17.3 Å². The van der Waals surface area contributed by atoms with Gasteiger partial charge in [-0.3, -0.25) is 0 Å². The maximum Gasteiger partial charge on any atom is 0.243 e. The molecule has 3 rings (SSSR count). The molecule has 0 N–H and O–H groups in total. The van der Waals surface area contributed by atoms with Gasteiger partial charge in [-0.05, 0) is 43.3 Å². The van der Waals surface area contributed by atoms with Crippen LogP contribution >= 0.6 is 11.6 Å². The number of rotatable bonds is 5. The highest BCUT2D eigenvalue weighted by Gasteiger charge is 2.23. The minimum absolute atomic E-state index is 0.0171. The molecule has 0 atom stereocenters. The third-order valence-electron chi connectivity index (χ3n) is 3.66. The SMILES string of the molecule is Cc1ccc(S(=O)(=O)N(C)Cc2nc(-c3ccc(Cl)cc3)no2)cc1. The molecule has 0 aliphatic carbocycles. The number of benzene rings is 2. The molecule has 0 bridgehead atoms. The van der Waals surface area contributed by atoms with Gasteiger partial charge in [-0.1, -0.05) is 34.5 Å². The first-order chi connectivity index (χ1) is 11.9. The average molecular weight is 378 g/mol. The summed E-state index contributed by atoms with van der Waals surface area (Å²) in [6.07, 6.45) is 0. The molecule has 3 aromatic rings. The van der Waals surface area contributed by atoms with Gasteiger partial charge < -0.3 is 4.52 Å². The van der Waals surface area contributed by atoms with Crippen molar-refractivity contribution in [1.29, 1.82) is 0 Å². The largest absolute Gasteiger partial charge is 0.338 e. The van der Waals surface area contributed by atoms with Gasteiger partial charge >= 0.3 is 0 Å². The second kappa shape index (κ2) is 6.95. The summed E-state index contributed by atoms with van der Waals surface area (Å²) in [7, 11) is -2.15. The smallest absolute Gasteiger partial charge is 0.243 e. The van der Waals surface area contributed by atoms with Crippen molar-refractivity contribution in [3.63, 3.8) is 0 Å². The molecular weight excluding hydrogens is 362 g/mol. The first-order valence-corrected chi connectivity index (χ1v) is 9.29. The van der Waals surface area contributed by atoms with Gasteiger partial charge in [0.1, 0.15) is 0 Å². The summed E-state index contributed by atoms with van der Waals surface area (Å²) in [5, 5.41) is 4.49. The molecule has 25 heavy (non-hydrogen) atoms. The van der Waals surface area contributed by atoms with E-state index in [0.717, 1.165) is 11.1 Å². The fourth-order valence-electron chi connectivity index (χ4n) is 2.20. The first kappa shape index (κ1) is 17.6. The van der Waals surface area contributed by atoms with E-state index in [1.807, 2.05) is 6.92 Å². The van der Waals surface area contributed by atoms with Crippen LogP contribution in [0.2, 0.25) is 5.02 Å². The lowest BCUT2D eigenvalue weighted by Gasteiger charge is -2.15. The fraction of sp³-hybridized carbons (Fsp3) is 0.176. The highest BCUT2D eigenvalue weighted by atomic mass is 35.5. The Morgan fingerprint density at radius 2 is 1.72 bits per heavy atom. The van der Waals surface area contributed by atoms with Gasteiger partial charge in [0.25, 0.3) is 0 Å². The number of hydrogen-bond donors (Lipinski definition) is 0. The van der Waals surface area contributed by atoms with Crippen molar-refractivity contribution >= 4 is 21.6 Å². The minimum atomic E-state index is -3.63. The summed E-state index contributed by atoms with van der Waals surface area (Å²) in [6.45, 7) is 1.88. The molecule has 0 unspecified atom stereocenters. The van der Waals surface area contributed by atoms with Crippen LogP contribution in [0.1, 0.15) is 11.5 Å². The van der Waals surface area contributed by atoms with E-state index in [1.54, 1.807) is 48.5 Å². The average Bonchev–Trinajstić information content (AvgIpc) is 3.04. The van der Waals surface area contributed by atoms with Crippen molar-refractivity contribution in [3.05, 3.63) is 65.0 Å². The predicted molar refractivity (Wildman–Crippen MR) is 94.6 cm³/mol. The Balaban J connectivity index is 1.78. The van der Waals surface area contributed by atoms with E-state index in [9.17, 15) is 8.42 Å². The topological polar surface area (TPSA) is 76.3 Å². The van der Waals surface area contributed by atoms with E-state index < -0.39 is 10.0 Å². The lowest BCUT2D eigenvalue weighted by molar-refractivity contribution is 0.337. The zero-order chi connectivity index (χ0) is 18.0. The van der Waals surface area contributed by atoms with Crippen LogP contribution in [0.25, 0.3) is 11.4 Å². The van der Waals surface area contributed by atoms with Crippen LogP contribution in [0.4, 0.5) is 0 Å². The maximum atomic E-state index is 12.6. The predicted octanol–water partition coefficient (Wildman–Crippen LogP) is 3.52. The molecule has 0 spiro atoms. The number of hydrogen-bond acceptors (Lipinski definition) is 5. The molecule has 0 saturated carbocycles. The van der Waals surface area contributed by atoms with Gasteiger partial charge in [0.15, 0.2) is 0 Å². The molecule has 0 aliphatic rings. The Morgan fingerprint density at radius 3 is 2.36 bits per heavy atom. The monoisotopic (exact) mass is 377 g/mol. The number of nitrogens with zero attached hydrogens (tertiary/aromatic N) is 3. The lowest BCUT2D eigenvalue weighted by atomic mass is 10.2. The van der Waals surface area contributed by atoms with E-state index >= 15 is 0 Å². The third kappa shape index (κ3) is 3.89. The van der Waals surface area contributed by atoms with Crippen LogP contribution in [0.3, 0.4) is 0 Å². The second-order valence-corrected chi connectivity index (χ2v) is 8.07. The molecule has 0 saturated heterocycles. The van der Waals surface area contributed by atoms with Crippen LogP contribution in [0.5, 0.6) is 0 Å². The van der Waals surface area contributed by atoms with E-state index in [0.29, 0.717) is 10.8 Å². The number of sulfonamides is 1. The molecule has 130 valence electrons. The zero-order valence-corrected chi connectivity index (χ0v) is 15.3. The summed E-state index contributed by atoms with van der Waals surface area (Å²) >= 11 is 5.85. The Kier molecular flexibility index (Phi) is 4.89. The Hall–Kier alpha value is -2.22. The number of aryl methyl sites for hydroxylation is 1. The van der Waals surface area contributed by atoms with Crippen molar-refractivity contribution < 1.29 is 12.9 Å². The molecule has 6 nitrogen and oxygen atoms in total. The maximum absolute atomic E-state index is 12.6. The number of aromatic nitrogens is 2. The highest BCUT2D eigenvalue weighted by Crippen LogP contribution is 2.20. The van der Waals surface area contributed by atoms with Crippen molar-refractivity contribution in [3.8, 4) is 11.4 Å². The quantitative estimate of drug-likeness (QED) is 0.679. The molecule has 0 fully saturated rings. The van der Waals surface area contributed by atoms with Gasteiger partial charge in [-0.2, -0.15) is 9.29 Å². The summed E-state index contributed by atoms with van der Waals surface area (Å²) in [6, 6.07) is 13.6. The van der Waals surface area contributed by atoms with Crippen molar-refractivity contribution in [2.45, 2.75) is 18.4 Å². The van der Waals surface area contributed by atoms with Crippen LogP contribution in [0.15, 0.2) is 57.9 Å². The highest BCUT2D eigenvalue weighted by molar-refractivity contribution is 7.89. The lowest BCUT2D eigenvalue weighted by Crippen LogP contribution is -2.26. The van der Waals surface area contributed by atoms with Gasteiger partial charge in [0.2, 0.25) is 21.7 Å². The van der Waals surface area contributed by atoms with Gasteiger partial charge in [-0.15, -0.1) is 0 Å². The van der Waals surface area contributed by atoms with Gasteiger partial charge in [0.05, 0.1) is 11.4 Å². The first-order valence-electron chi connectivity index (χ1n) is 7.48. The van der Waals surface area contributed by atoms with Crippen LogP contribution in [0, 0.1) is 6.92 Å². The molecule has 2 aromatic carbocycles. The summed E-state index contributed by atoms with van der Waals surface area (Å²) in [4.78, 5) is 4.46. The molecule has 1 heterocycles. The van der Waals surface area contributed by atoms with E-state index in [1.165, 1.54) is 11.4 Å². The molecular formula is C17H16ClN3O3S. The second-order valence-electron chi connectivity index (χ2n) is 5.59. The standard InChI is InChI=1S/C17H16ClN3O3S/c1-12-3-9-15(10-4-12)25(22,23)21(2)11-16-19-17(20-24-16)13-5-7-14(18)8-6-13/h3-10H,11H2,1-2H3. The Bertz CT molecular complexity index is 967. The van der Waals surface area contributed by atoms with Crippen LogP contribution in [-0.2, 0) is 16.6 Å². The van der Waals surface area contributed by atoms with Crippen molar-refractivity contribution in [1.82, 2.24) is 14.4 Å². The molecule has 0 aliphatic heterocycles. The van der Waals surface area contributed by atoms with E-state index in [4.69, 9.17) is 16.1 Å². The van der Waals surface area contributed by atoms with Gasteiger partial charge in [-0.25, -0.2) is 8.42 Å².